The van der Waals surface area contributed by atoms with Crippen molar-refractivity contribution in [2.45, 2.75) is 13.5 Å². The zero-order chi connectivity index (χ0) is 27.6. The molecule has 39 heavy (non-hydrogen) atoms. The number of aliphatic hydroxyl groups excluding tert-OH is 1. The number of carbonyl (C=O) groups excluding carboxylic acids is 1. The molecule has 0 aliphatic carbocycles. The minimum absolute atomic E-state index is 0.00903. The highest BCUT2D eigenvalue weighted by atomic mass is 19.3. The van der Waals surface area contributed by atoms with Crippen LogP contribution in [0.2, 0.25) is 0 Å². The fraction of sp³-hybridized carbons (Fsp3) is 0.154. The van der Waals surface area contributed by atoms with Crippen molar-refractivity contribution in [2.24, 2.45) is 10.2 Å². The number of nitrogens with one attached hydrogen (secondary N) is 2. The van der Waals surface area contributed by atoms with Gasteiger partial charge in [-0.2, -0.15) is 8.78 Å². The number of aliphatic hydroxyl groups is 1. The van der Waals surface area contributed by atoms with Crippen molar-refractivity contribution < 1.29 is 23.4 Å². The Bertz CT molecular complexity index is 1510. The third kappa shape index (κ3) is 7.68. The van der Waals surface area contributed by atoms with Gasteiger partial charge in [0.15, 0.2) is 10.8 Å². The molecule has 0 radical (unpaired) electrons. The van der Waals surface area contributed by atoms with Gasteiger partial charge in [0.2, 0.25) is 16.0 Å². The molecule has 0 bridgehead atoms. The monoisotopic (exact) mass is 533 g/mol. The number of amides is 1. The van der Waals surface area contributed by atoms with Crippen LogP contribution < -0.4 is 20.3 Å². The van der Waals surface area contributed by atoms with E-state index in [1.54, 1.807) is 42.7 Å². The van der Waals surface area contributed by atoms with E-state index >= 15 is 0 Å². The Morgan fingerprint density at radius 2 is 2.00 bits per heavy atom. The Hall–Kier alpha value is -5.13. The molecular formula is C26H23F2N8O3+. The summed E-state index contributed by atoms with van der Waals surface area (Å²) in [5.74, 6) is 0.0650. The fourth-order valence-electron chi connectivity index (χ4n) is 3.32. The van der Waals surface area contributed by atoms with E-state index in [0.717, 1.165) is 17.2 Å². The molecule has 0 saturated carbocycles. The zero-order valence-electron chi connectivity index (χ0n) is 20.6. The lowest BCUT2D eigenvalue weighted by atomic mass is 10.2. The third-order valence-corrected chi connectivity index (χ3v) is 5.20. The van der Waals surface area contributed by atoms with Crippen LogP contribution in [-0.2, 0) is 0 Å². The average molecular weight is 534 g/mol. The van der Waals surface area contributed by atoms with Crippen LogP contribution >= 0.6 is 0 Å². The number of benzene rings is 2. The summed E-state index contributed by atoms with van der Waals surface area (Å²) in [6.07, 6.45) is 3.29. The zero-order valence-corrected chi connectivity index (χ0v) is 20.6. The lowest BCUT2D eigenvalue weighted by Gasteiger charge is -2.09. The highest BCUT2D eigenvalue weighted by molar-refractivity contribution is 5.94. The van der Waals surface area contributed by atoms with Gasteiger partial charge in [-0.3, -0.25) is 4.79 Å². The maximum absolute atomic E-state index is 12.4. The van der Waals surface area contributed by atoms with Crippen LogP contribution in [0, 0.1) is 6.92 Å². The molecular weight excluding hydrogens is 510 g/mol. The number of alkyl halides is 2. The molecule has 0 saturated heterocycles. The summed E-state index contributed by atoms with van der Waals surface area (Å²) in [6.45, 7) is -0.705. The van der Waals surface area contributed by atoms with Crippen molar-refractivity contribution in [3.8, 4) is 17.0 Å². The van der Waals surface area contributed by atoms with Gasteiger partial charge in [-0.05, 0) is 61.0 Å². The maximum Gasteiger partial charge on any atom is 0.387 e. The second-order valence-electron chi connectivity index (χ2n) is 7.97. The number of carbonyl (C=O) groups is 1. The molecule has 198 valence electrons. The van der Waals surface area contributed by atoms with E-state index in [2.05, 4.69) is 45.5 Å². The van der Waals surface area contributed by atoms with Gasteiger partial charge in [-0.1, -0.05) is 12.1 Å². The Labute approximate surface area is 221 Å². The van der Waals surface area contributed by atoms with Crippen LogP contribution in [-0.4, -0.2) is 45.7 Å². The van der Waals surface area contributed by atoms with Gasteiger partial charge in [0.1, 0.15) is 11.6 Å². The topological polar surface area (TPSA) is 148 Å². The Morgan fingerprint density at radius 1 is 1.13 bits per heavy atom. The third-order valence-electron chi connectivity index (χ3n) is 5.20. The summed E-state index contributed by atoms with van der Waals surface area (Å²) in [6, 6.07) is 15.8. The lowest BCUT2D eigenvalue weighted by molar-refractivity contribution is -0.0498. The molecule has 0 aliphatic heterocycles. The first-order valence-electron chi connectivity index (χ1n) is 11.6. The molecule has 2 heterocycles. The van der Waals surface area contributed by atoms with Crippen molar-refractivity contribution in [3.05, 3.63) is 84.2 Å². The summed E-state index contributed by atoms with van der Waals surface area (Å²) < 4.78 is 29.1. The van der Waals surface area contributed by atoms with Gasteiger partial charge in [0.05, 0.1) is 17.9 Å². The fourth-order valence-corrected chi connectivity index (χ4v) is 3.32. The number of ether oxygens (including phenoxy) is 1. The molecule has 4 rings (SSSR count). The van der Waals surface area contributed by atoms with E-state index in [4.69, 9.17) is 5.11 Å². The van der Waals surface area contributed by atoms with Gasteiger partial charge in [-0.25, -0.2) is 15.0 Å². The van der Waals surface area contributed by atoms with E-state index in [1.165, 1.54) is 18.2 Å². The maximum atomic E-state index is 12.4. The minimum atomic E-state index is -3.01. The van der Waals surface area contributed by atoms with Crippen molar-refractivity contribution in [2.75, 3.05) is 23.8 Å². The molecule has 4 aromatic rings. The predicted octanol–water partition coefficient (Wildman–Crippen LogP) is 5.04. The number of hydrogen-bond acceptors (Lipinski definition) is 9. The van der Waals surface area contributed by atoms with E-state index in [-0.39, 0.29) is 17.9 Å². The van der Waals surface area contributed by atoms with E-state index < -0.39 is 12.5 Å². The lowest BCUT2D eigenvalue weighted by Crippen LogP contribution is -2.06. The molecule has 0 atom stereocenters. The molecule has 13 heteroatoms. The normalized spacial score (nSPS) is 10.5. The molecule has 2 aromatic heterocycles. The SMILES string of the molecule is Cc1ccc(N=[N+]=NC(=O)c2cccc(OC(F)F)c2)cc1Nc1nccc(-c2ccc(NCCO)nc2)n1. The standard InChI is InChI=1S/C26H23F2N8O3/c1-16-5-7-19(34-36-35-24(38)17-3-2-4-20(13-17)39-25(27)28)14-22(16)33-26-30-10-9-21(32-26)18-6-8-23(31-15-18)29-11-12-37/h2-10,13-15,25,37H,11-12H2,1H3,(H,29,31)(H,30,32,33)/q+1. The summed E-state index contributed by atoms with van der Waals surface area (Å²) in [7, 11) is 0. The Balaban J connectivity index is 1.47. The number of anilines is 3. The quantitative estimate of drug-likeness (QED) is 0.190. The average Bonchev–Trinajstić information content (AvgIpc) is 2.94. The first-order valence-corrected chi connectivity index (χ1v) is 11.6. The second-order valence-corrected chi connectivity index (χ2v) is 7.97. The van der Waals surface area contributed by atoms with Gasteiger partial charge in [0.25, 0.3) is 0 Å². The smallest absolute Gasteiger partial charge is 0.387 e. The van der Waals surface area contributed by atoms with Crippen molar-refractivity contribution in [1.82, 2.24) is 19.9 Å². The number of halogens is 2. The number of aryl methyl sites for hydroxylation is 1. The molecule has 0 spiro atoms. The Kier molecular flexibility index (Phi) is 8.91. The highest BCUT2D eigenvalue weighted by Crippen LogP contribution is 2.25. The van der Waals surface area contributed by atoms with Crippen molar-refractivity contribution >= 4 is 29.0 Å². The predicted molar refractivity (Wildman–Crippen MR) is 139 cm³/mol. The second kappa shape index (κ2) is 12.9. The summed E-state index contributed by atoms with van der Waals surface area (Å²) in [5.41, 5.74) is 3.41. The molecule has 1 amide bonds. The minimum Gasteiger partial charge on any atom is -0.435 e. The first-order chi connectivity index (χ1) is 18.9. The van der Waals surface area contributed by atoms with Crippen LogP contribution in [0.5, 0.6) is 5.75 Å². The van der Waals surface area contributed by atoms with Crippen LogP contribution in [0.3, 0.4) is 0 Å². The number of nitrogens with zero attached hydrogens (tertiary/aromatic N) is 6. The molecule has 11 nitrogen and oxygen atoms in total. The highest BCUT2D eigenvalue weighted by Gasteiger charge is 2.13. The van der Waals surface area contributed by atoms with E-state index in [1.807, 2.05) is 13.0 Å². The summed E-state index contributed by atoms with van der Waals surface area (Å²) in [4.78, 5) is 29.0. The molecule has 0 fully saturated rings. The van der Waals surface area contributed by atoms with Gasteiger partial charge >= 0.3 is 12.5 Å². The molecule has 0 unspecified atom stereocenters. The van der Waals surface area contributed by atoms with Crippen LogP contribution in [0.25, 0.3) is 11.3 Å². The summed E-state index contributed by atoms with van der Waals surface area (Å²) in [5, 5.41) is 22.5. The van der Waals surface area contributed by atoms with E-state index in [0.29, 0.717) is 35.4 Å². The van der Waals surface area contributed by atoms with Gasteiger partial charge in [-0.15, -0.1) is 0 Å². The first kappa shape index (κ1) is 26.9. The molecule has 3 N–H and O–H groups in total. The Morgan fingerprint density at radius 3 is 2.77 bits per heavy atom. The largest absolute Gasteiger partial charge is 0.435 e. The van der Waals surface area contributed by atoms with Gasteiger partial charge < -0.3 is 20.5 Å². The van der Waals surface area contributed by atoms with Crippen molar-refractivity contribution in [1.29, 1.82) is 0 Å². The number of hydrogen-bond donors (Lipinski definition) is 3. The van der Waals surface area contributed by atoms with Crippen molar-refractivity contribution in [3.63, 3.8) is 0 Å². The number of pyridine rings is 1. The van der Waals surface area contributed by atoms with E-state index in [9.17, 15) is 13.6 Å². The van der Waals surface area contributed by atoms with Crippen LogP contribution in [0.4, 0.5) is 31.9 Å². The summed E-state index contributed by atoms with van der Waals surface area (Å²) >= 11 is 0. The number of rotatable bonds is 10. The van der Waals surface area contributed by atoms with Crippen LogP contribution in [0.1, 0.15) is 15.9 Å². The molecule has 2 aromatic carbocycles. The van der Waals surface area contributed by atoms with Gasteiger partial charge in [0, 0.05) is 30.2 Å². The molecule has 0 aliphatic rings. The number of aromatic nitrogens is 3. The van der Waals surface area contributed by atoms with Crippen LogP contribution in [0.15, 0.2) is 83.3 Å².